The normalized spacial score (nSPS) is 23.9. The number of likely N-dealkylation sites (tertiary alicyclic amines) is 1. The summed E-state index contributed by atoms with van der Waals surface area (Å²) < 4.78 is 80.5. The Morgan fingerprint density at radius 3 is 2.54 bits per heavy atom. The van der Waals surface area contributed by atoms with Crippen LogP contribution in [0, 0.1) is 24.1 Å². The average Bonchev–Trinajstić information content (AvgIpc) is 3.34. The molecule has 6 rings (SSSR count). The number of benzene rings is 1. The van der Waals surface area contributed by atoms with Crippen LogP contribution in [0.5, 0.6) is 11.6 Å². The number of aromatic nitrogens is 2. The summed E-state index contributed by atoms with van der Waals surface area (Å²) in [6, 6.07) is 4.99. The number of methoxy groups -OCH3 is 1. The smallest absolute Gasteiger partial charge is 0.250 e. The van der Waals surface area contributed by atoms with Gasteiger partial charge in [-0.1, -0.05) is 0 Å². The van der Waals surface area contributed by atoms with Crippen molar-refractivity contribution in [2.45, 2.75) is 69.9 Å². The Balaban J connectivity index is 1.27. The number of aryl methyl sites for hydroxylation is 1. The van der Waals surface area contributed by atoms with E-state index in [0.717, 1.165) is 27.8 Å². The van der Waals surface area contributed by atoms with E-state index in [9.17, 15) is 17.6 Å². The van der Waals surface area contributed by atoms with Crippen LogP contribution < -0.4 is 9.47 Å². The molecule has 1 spiro atoms. The van der Waals surface area contributed by atoms with E-state index in [-0.39, 0.29) is 50.1 Å². The summed E-state index contributed by atoms with van der Waals surface area (Å²) in [5.74, 6) is -5.83. The number of alkyl halides is 4. The maximum Gasteiger partial charge on any atom is 0.250 e. The zero-order valence-corrected chi connectivity index (χ0v) is 22.0. The van der Waals surface area contributed by atoms with Crippen LogP contribution in [-0.2, 0) is 6.54 Å². The lowest BCUT2D eigenvalue weighted by atomic mass is 9.59. The number of pyridine rings is 1. The molecule has 39 heavy (non-hydrogen) atoms. The monoisotopic (exact) mass is 549 g/mol. The summed E-state index contributed by atoms with van der Waals surface area (Å²) in [7, 11) is 1.62. The second-order valence-corrected chi connectivity index (χ2v) is 11.8. The summed E-state index contributed by atoms with van der Waals surface area (Å²) in [6.45, 7) is 3.04. The van der Waals surface area contributed by atoms with Crippen LogP contribution in [0.15, 0.2) is 30.6 Å². The van der Waals surface area contributed by atoms with Gasteiger partial charge in [0.15, 0.2) is 5.82 Å². The van der Waals surface area contributed by atoms with Gasteiger partial charge in [-0.15, -0.1) is 0 Å². The van der Waals surface area contributed by atoms with Gasteiger partial charge in [-0.3, -0.25) is 4.90 Å². The van der Waals surface area contributed by atoms with Crippen molar-refractivity contribution in [2.75, 3.05) is 20.3 Å². The van der Waals surface area contributed by atoms with Crippen LogP contribution in [0.2, 0.25) is 0 Å². The van der Waals surface area contributed by atoms with Crippen molar-refractivity contribution >= 4 is 10.9 Å². The molecule has 3 aromatic rings. The Bertz CT molecular complexity index is 1370. The van der Waals surface area contributed by atoms with E-state index in [1.54, 1.807) is 7.11 Å². The first-order chi connectivity index (χ1) is 18.5. The van der Waals surface area contributed by atoms with Gasteiger partial charge in [0.05, 0.1) is 13.7 Å². The third-order valence-corrected chi connectivity index (χ3v) is 8.80. The number of fused-ring (bicyclic) bond motifs is 1. The molecule has 3 heterocycles. The molecular formula is C29H32F5N3O2. The van der Waals surface area contributed by atoms with E-state index in [1.807, 2.05) is 25.3 Å². The minimum atomic E-state index is -2.67. The van der Waals surface area contributed by atoms with Crippen LogP contribution in [0.3, 0.4) is 0 Å². The quantitative estimate of drug-likeness (QED) is 0.317. The highest BCUT2D eigenvalue weighted by molar-refractivity contribution is 5.88. The second kappa shape index (κ2) is 9.35. The van der Waals surface area contributed by atoms with E-state index in [2.05, 4.69) is 14.9 Å². The summed E-state index contributed by atoms with van der Waals surface area (Å²) in [4.78, 5) is 9.64. The molecule has 1 aromatic carbocycles. The first kappa shape index (κ1) is 26.3. The summed E-state index contributed by atoms with van der Waals surface area (Å²) in [6.07, 6.45) is 3.63. The highest BCUT2D eigenvalue weighted by atomic mass is 19.3. The van der Waals surface area contributed by atoms with Crippen molar-refractivity contribution in [1.82, 2.24) is 14.9 Å². The van der Waals surface area contributed by atoms with Crippen molar-refractivity contribution in [3.05, 3.63) is 53.1 Å². The molecule has 3 aliphatic rings. The van der Waals surface area contributed by atoms with Gasteiger partial charge in [-0.2, -0.15) is 0 Å². The summed E-state index contributed by atoms with van der Waals surface area (Å²) in [5.41, 5.74) is 3.12. The van der Waals surface area contributed by atoms with Crippen molar-refractivity contribution in [3.63, 3.8) is 0 Å². The molecule has 5 nitrogen and oxygen atoms in total. The lowest BCUT2D eigenvalue weighted by molar-refractivity contribution is -0.186. The molecule has 210 valence electrons. The van der Waals surface area contributed by atoms with Crippen molar-refractivity contribution < 1.29 is 31.4 Å². The zero-order chi connectivity index (χ0) is 27.6. The Morgan fingerprint density at radius 1 is 1.10 bits per heavy atom. The molecule has 2 aromatic heterocycles. The van der Waals surface area contributed by atoms with Crippen LogP contribution >= 0.6 is 0 Å². The Hall–Kier alpha value is -2.88. The molecule has 0 radical (unpaired) electrons. The molecular weight excluding hydrogens is 517 g/mol. The number of rotatable bonds is 7. The van der Waals surface area contributed by atoms with Crippen LogP contribution in [0.25, 0.3) is 10.9 Å². The third-order valence-electron chi connectivity index (χ3n) is 8.80. The van der Waals surface area contributed by atoms with Crippen LogP contribution in [0.4, 0.5) is 22.0 Å². The second-order valence-electron chi connectivity index (χ2n) is 11.8. The largest absolute Gasteiger partial charge is 0.496 e. The van der Waals surface area contributed by atoms with Gasteiger partial charge in [0.25, 0.3) is 0 Å². The first-order valence-electron chi connectivity index (χ1n) is 13.4. The van der Waals surface area contributed by atoms with Crippen LogP contribution in [0.1, 0.15) is 61.3 Å². The van der Waals surface area contributed by atoms with E-state index < -0.39 is 23.1 Å². The number of piperidine rings is 1. The number of hydrogen-bond donors (Lipinski definition) is 1. The average molecular weight is 550 g/mol. The minimum absolute atomic E-state index is 0.0213. The lowest BCUT2D eigenvalue weighted by Crippen LogP contribution is -2.53. The van der Waals surface area contributed by atoms with E-state index >= 15 is 4.39 Å². The maximum atomic E-state index is 15.1. The van der Waals surface area contributed by atoms with Gasteiger partial charge >= 0.3 is 0 Å². The summed E-state index contributed by atoms with van der Waals surface area (Å²) >= 11 is 0. The fourth-order valence-corrected chi connectivity index (χ4v) is 6.87. The molecule has 10 heteroatoms. The number of halogens is 5. The van der Waals surface area contributed by atoms with E-state index in [4.69, 9.17) is 9.47 Å². The SMILES string of the molecule is COc1cc(C)c2[nH]ccc2c1CN1CCC2(C[C@@H]1c1cnc(OCC3CC(F)(F)C3)c(F)c1)CC(F)(F)C2. The molecule has 0 unspecified atom stereocenters. The first-order valence-corrected chi connectivity index (χ1v) is 13.4. The van der Waals surface area contributed by atoms with Crippen molar-refractivity contribution in [2.24, 2.45) is 11.3 Å². The molecule has 2 saturated carbocycles. The summed E-state index contributed by atoms with van der Waals surface area (Å²) in [5, 5.41) is 1.02. The number of hydrogen-bond acceptors (Lipinski definition) is 4. The molecule has 1 saturated heterocycles. The van der Waals surface area contributed by atoms with Gasteiger partial charge < -0.3 is 14.5 Å². The zero-order valence-electron chi connectivity index (χ0n) is 22.0. The Labute approximate surface area is 223 Å². The Kier molecular flexibility index (Phi) is 6.32. The highest BCUT2D eigenvalue weighted by Gasteiger charge is 2.58. The van der Waals surface area contributed by atoms with Gasteiger partial charge in [0, 0.05) is 73.0 Å². The predicted octanol–water partition coefficient (Wildman–Crippen LogP) is 7.20. The minimum Gasteiger partial charge on any atom is -0.496 e. The molecule has 1 atom stereocenters. The standard InChI is InChI=1S/C29H32F5N3O2/c1-17-7-24(38-2)21(20-3-5-35-25(17)20)13-37-6-4-27(15-29(33,34)16-27)11-23(37)19-8-22(30)26(36-12-19)39-14-18-9-28(31,32)10-18/h3,5,7-8,12,18,23,35H,4,6,9-11,13-16H2,1-2H3/t23-/m1/s1. The molecule has 1 N–H and O–H groups in total. The van der Waals surface area contributed by atoms with E-state index in [1.165, 1.54) is 12.3 Å². The molecule has 2 aliphatic carbocycles. The van der Waals surface area contributed by atoms with Crippen molar-refractivity contribution in [3.8, 4) is 11.6 Å². The fraction of sp³-hybridized carbons (Fsp3) is 0.552. The number of H-pyrrole nitrogens is 1. The van der Waals surface area contributed by atoms with Gasteiger partial charge in [0.1, 0.15) is 5.75 Å². The van der Waals surface area contributed by atoms with Gasteiger partial charge in [-0.25, -0.2) is 26.9 Å². The predicted molar refractivity (Wildman–Crippen MR) is 136 cm³/mol. The lowest BCUT2D eigenvalue weighted by Gasteiger charge is -2.54. The van der Waals surface area contributed by atoms with E-state index in [0.29, 0.717) is 31.5 Å². The number of ether oxygens (including phenoxy) is 2. The van der Waals surface area contributed by atoms with Crippen LogP contribution in [-0.4, -0.2) is 47.0 Å². The van der Waals surface area contributed by atoms with Gasteiger partial charge in [0.2, 0.25) is 17.7 Å². The fourth-order valence-electron chi connectivity index (χ4n) is 6.87. The molecule has 0 amide bonds. The molecule has 0 bridgehead atoms. The van der Waals surface area contributed by atoms with Crippen molar-refractivity contribution in [1.29, 1.82) is 0 Å². The molecule has 1 aliphatic heterocycles. The highest BCUT2D eigenvalue weighted by Crippen LogP contribution is 2.60. The third kappa shape index (κ3) is 4.96. The number of aromatic amines is 1. The topological polar surface area (TPSA) is 50.4 Å². The maximum absolute atomic E-state index is 15.1. The number of nitrogens with zero attached hydrogens (tertiary/aromatic N) is 2. The number of nitrogens with one attached hydrogen (secondary N) is 1. The van der Waals surface area contributed by atoms with Gasteiger partial charge in [-0.05, 0) is 61.1 Å². The Morgan fingerprint density at radius 2 is 1.87 bits per heavy atom. The molecule has 3 fully saturated rings.